The molecule has 0 aromatic carbocycles. The molecule has 1 aliphatic rings. The number of nitrogens with one attached hydrogen (secondary N) is 4. The largest absolute Gasteiger partial charge is 3.00 e. The molecule has 3 atom stereocenters. The van der Waals surface area contributed by atoms with E-state index < -0.39 is 98.4 Å². The quantitative estimate of drug-likeness (QED) is 0.0502. The molecule has 4 amide bonds. The first-order valence-corrected chi connectivity index (χ1v) is 18.8. The SMILES string of the molecule is N[C@@H](CCCCNC(=O)CN1CCN(CC(=O)[O-])CCN(CC(=O)[O-])CCN(CC(=O)[O-])CC1)C(=O)NCCCC[C@H](NC(=O)N[C@@H](CCC(=O)[O-])C(=O)[O-])C(=O)[O-].[In+3].[In+3]. The van der Waals surface area contributed by atoms with E-state index >= 15 is 0 Å². The zero-order valence-corrected chi connectivity index (χ0v) is 40.0. The number of nitrogens with two attached hydrogens (primary N) is 1. The van der Waals surface area contributed by atoms with Crippen molar-refractivity contribution in [2.75, 3.05) is 91.6 Å². The summed E-state index contributed by atoms with van der Waals surface area (Å²) in [7, 11) is 0. The van der Waals surface area contributed by atoms with Gasteiger partial charge in [-0.15, -0.1) is 0 Å². The van der Waals surface area contributed by atoms with E-state index in [1.165, 1.54) is 4.90 Å². The van der Waals surface area contributed by atoms with Crippen molar-refractivity contribution in [3.05, 3.63) is 0 Å². The van der Waals surface area contributed by atoms with Crippen molar-refractivity contribution in [1.82, 2.24) is 40.9 Å². The van der Waals surface area contributed by atoms with Gasteiger partial charge in [0, 0.05) is 91.1 Å². The molecule has 0 aliphatic carbocycles. The van der Waals surface area contributed by atoms with Gasteiger partial charge in [0.2, 0.25) is 11.8 Å². The van der Waals surface area contributed by atoms with E-state index in [0.29, 0.717) is 12.8 Å². The number of amides is 4. The molecule has 1 heterocycles. The van der Waals surface area contributed by atoms with Crippen LogP contribution >= 0.6 is 0 Å². The number of carbonyl (C=O) groups excluding carboxylic acids is 9. The van der Waals surface area contributed by atoms with Crippen molar-refractivity contribution >= 4 is 105 Å². The first-order chi connectivity index (χ1) is 27.4. The minimum atomic E-state index is -1.77. The normalized spacial score (nSPS) is 16.1. The molecule has 1 rings (SSSR count). The molecule has 0 saturated carbocycles. The van der Waals surface area contributed by atoms with Crippen LogP contribution in [0.4, 0.5) is 4.79 Å². The van der Waals surface area contributed by atoms with Crippen LogP contribution in [0.25, 0.3) is 0 Å². The molecule has 0 unspecified atom stereocenters. The van der Waals surface area contributed by atoms with Gasteiger partial charge < -0.3 is 86.4 Å². The van der Waals surface area contributed by atoms with E-state index in [2.05, 4.69) is 10.6 Å². The second-order valence-corrected chi connectivity index (χ2v) is 13.7. The van der Waals surface area contributed by atoms with Crippen LogP contribution in [0.1, 0.15) is 51.4 Å². The molecule has 1 fully saturated rings. The topological polar surface area (TPSA) is 379 Å². The summed E-state index contributed by atoms with van der Waals surface area (Å²) >= 11 is 0. The average molecular weight is 1060 g/mol. The monoisotopic (exact) mass is 1060 g/mol. The number of carboxylic acids is 6. The third kappa shape index (κ3) is 28.9. The molecule has 0 spiro atoms. The van der Waals surface area contributed by atoms with Gasteiger partial charge in [0.05, 0.1) is 54.5 Å². The van der Waals surface area contributed by atoms with Gasteiger partial charge in [0.1, 0.15) is 0 Å². The molecule has 0 aromatic heterocycles. The summed E-state index contributed by atoms with van der Waals surface area (Å²) in [5, 5.41) is 76.4. The predicted octanol–water partition coefficient (Wildman–Crippen LogP) is -12.3. The first-order valence-electron chi connectivity index (χ1n) is 18.8. The van der Waals surface area contributed by atoms with E-state index in [-0.39, 0.29) is 155 Å². The Morgan fingerprint density at radius 1 is 0.483 bits per heavy atom. The molecule has 0 radical (unpaired) electrons. The summed E-state index contributed by atoms with van der Waals surface area (Å²) in [5.74, 6) is -9.78. The third-order valence-corrected chi connectivity index (χ3v) is 8.99. The van der Waals surface area contributed by atoms with Crippen LogP contribution in [0.15, 0.2) is 0 Å². The minimum absolute atomic E-state index is 0. The maximum atomic E-state index is 12.8. The molecular weight excluding hydrogens is 1000 g/mol. The van der Waals surface area contributed by atoms with E-state index in [0.717, 1.165) is 0 Å². The van der Waals surface area contributed by atoms with E-state index in [9.17, 15) is 73.8 Å². The Labute approximate surface area is 384 Å². The first kappa shape index (κ1) is 58.7. The second-order valence-electron chi connectivity index (χ2n) is 13.7. The number of carboxylic acid groups (broad SMARTS) is 6. The number of rotatable bonds is 26. The molecule has 1 aliphatic heterocycles. The van der Waals surface area contributed by atoms with Crippen LogP contribution in [-0.2, 0) is 38.4 Å². The van der Waals surface area contributed by atoms with Crippen LogP contribution in [-0.4, -0.2) is 235 Å². The Kier molecular flexibility index (Phi) is 32.5. The van der Waals surface area contributed by atoms with Crippen molar-refractivity contribution in [3.63, 3.8) is 0 Å². The predicted molar refractivity (Wildman–Crippen MR) is 197 cm³/mol. The molecule has 6 N–H and O–H groups in total. The Bertz CT molecular complexity index is 1370. The van der Waals surface area contributed by atoms with Gasteiger partial charge in [0.15, 0.2) is 0 Å². The van der Waals surface area contributed by atoms with E-state index in [1.807, 2.05) is 10.6 Å². The summed E-state index contributed by atoms with van der Waals surface area (Å²) in [6.45, 7) is 0.564. The number of hydrogen-bond acceptors (Lipinski definition) is 20. The molecule has 24 nitrogen and oxygen atoms in total. The Morgan fingerprint density at radius 3 is 1.23 bits per heavy atom. The summed E-state index contributed by atoms with van der Waals surface area (Å²) in [4.78, 5) is 111. The van der Waals surface area contributed by atoms with Gasteiger partial charge in [-0.3, -0.25) is 29.2 Å². The van der Waals surface area contributed by atoms with Crippen molar-refractivity contribution in [2.45, 2.75) is 69.5 Å². The summed E-state index contributed by atoms with van der Waals surface area (Å²) in [5.41, 5.74) is 5.97. The average Bonchev–Trinajstić information content (AvgIpc) is 3.12. The molecular formula is C34H53In2N9O15. The van der Waals surface area contributed by atoms with Gasteiger partial charge in [-0.05, 0) is 51.4 Å². The molecule has 26 heteroatoms. The second kappa shape index (κ2) is 33.2. The standard InChI is InChI=1S/C34H59N9O15.2In/c35-23(31(53)37-10-4-2-6-24(32(54)55)38-34(58)39-25(33(56)57)7-8-27(45)46)5-1-3-9-36-26(44)19-40-11-13-41(20-28(47)48)15-17-43(22-30(51)52)18-16-42(14-12-40)21-29(49)50;;/h23-25H,1-22,35H2,(H,36,44)(H,37,53)(H,45,46)(H,47,48)(H,49,50)(H,51,52)(H,54,55)(H,56,57)(H2,38,39,58);;/q;2*+3/p-6/t23-,24-,25-;;/m0../s1. The van der Waals surface area contributed by atoms with Crippen LogP contribution < -0.4 is 57.6 Å². The third-order valence-electron chi connectivity index (χ3n) is 8.99. The number of urea groups is 1. The number of aliphatic carboxylic acids is 6. The van der Waals surface area contributed by atoms with Gasteiger partial charge in [0.25, 0.3) is 0 Å². The molecule has 1 saturated heterocycles. The van der Waals surface area contributed by atoms with E-state index in [4.69, 9.17) is 5.73 Å². The fraction of sp³-hybridized carbons (Fsp3) is 0.735. The minimum Gasteiger partial charge on any atom is -0.550 e. The maximum Gasteiger partial charge on any atom is 3.00 e. The Hall–Kier alpha value is -3.43. The van der Waals surface area contributed by atoms with E-state index in [1.54, 1.807) is 14.7 Å². The van der Waals surface area contributed by atoms with Crippen LogP contribution in [0.2, 0.25) is 0 Å². The van der Waals surface area contributed by atoms with Gasteiger partial charge >= 0.3 is 57.7 Å². The number of nitrogens with zero attached hydrogens (tertiary/aromatic N) is 4. The number of hydrogen-bond donors (Lipinski definition) is 5. The fourth-order valence-electron chi connectivity index (χ4n) is 5.80. The van der Waals surface area contributed by atoms with Crippen LogP contribution in [0.3, 0.4) is 0 Å². The maximum absolute atomic E-state index is 12.8. The zero-order valence-electron chi connectivity index (χ0n) is 33.4. The van der Waals surface area contributed by atoms with Gasteiger partial charge in [-0.25, -0.2) is 4.79 Å². The molecule has 60 heavy (non-hydrogen) atoms. The fourth-order valence-corrected chi connectivity index (χ4v) is 5.80. The Morgan fingerprint density at radius 2 is 0.850 bits per heavy atom. The molecule has 0 bridgehead atoms. The van der Waals surface area contributed by atoms with Crippen molar-refractivity contribution in [2.24, 2.45) is 5.73 Å². The zero-order chi connectivity index (χ0) is 43.6. The van der Waals surface area contributed by atoms with Crippen LogP contribution in [0.5, 0.6) is 0 Å². The van der Waals surface area contributed by atoms with Crippen molar-refractivity contribution in [1.29, 1.82) is 0 Å². The smallest absolute Gasteiger partial charge is 0.550 e. The molecule has 0 aromatic rings. The van der Waals surface area contributed by atoms with Crippen LogP contribution in [0, 0.1) is 0 Å². The molecule has 330 valence electrons. The van der Waals surface area contributed by atoms with Crippen molar-refractivity contribution < 1.29 is 73.8 Å². The number of unbranched alkanes of at least 4 members (excludes halogenated alkanes) is 2. The number of carbonyl (C=O) groups is 9. The van der Waals surface area contributed by atoms with Crippen molar-refractivity contribution in [3.8, 4) is 0 Å². The van der Waals surface area contributed by atoms with Gasteiger partial charge in [-0.2, -0.15) is 0 Å². The summed E-state index contributed by atoms with van der Waals surface area (Å²) in [6, 6.07) is -5.29. The van der Waals surface area contributed by atoms with Gasteiger partial charge in [-0.1, -0.05) is 0 Å². The Balaban J connectivity index is 0. The summed E-state index contributed by atoms with van der Waals surface area (Å²) in [6.07, 6.45) is 0.340. The summed E-state index contributed by atoms with van der Waals surface area (Å²) < 4.78 is 0.